The number of likely N-dealkylation sites (N-methyl/N-ethyl adjacent to an activating group) is 4. The highest BCUT2D eigenvalue weighted by molar-refractivity contribution is 6.15. The SMILES string of the molecule is C.CNC(=O)C(C)(C(=O)CO)N(C)C(=O)c1ccc(C#Cc2ccc(CN3CCCOCC3)cc2)cc1.CNC(=O)[C@@](C)(C(=O)CO)N(C)C(=O)c1ccc(C#Cc2ccc(CN3CCCOCC3)cc2)cc1. The first-order chi connectivity index (χ1) is 34.6. The number of carbonyl (C=O) groups excluding carboxylic acids is 6. The first kappa shape index (κ1) is 58.5. The first-order valence-electron chi connectivity index (χ1n) is 23.9. The second-order valence-corrected chi connectivity index (χ2v) is 17.7. The van der Waals surface area contributed by atoms with Crippen LogP contribution in [-0.4, -0.2) is 170 Å². The zero-order valence-corrected chi connectivity index (χ0v) is 42.1. The smallest absolute Gasteiger partial charge is 0.254 e. The molecule has 0 bridgehead atoms. The molecule has 4 amide bonds. The largest absolute Gasteiger partial charge is 0.388 e. The van der Waals surface area contributed by atoms with Crippen molar-refractivity contribution >= 4 is 35.2 Å². The molecule has 0 radical (unpaired) electrons. The van der Waals surface area contributed by atoms with Gasteiger partial charge >= 0.3 is 0 Å². The molecule has 2 fully saturated rings. The number of hydrogen-bond donors (Lipinski definition) is 4. The Balaban J connectivity index is 0.000000312. The van der Waals surface area contributed by atoms with Crippen molar-refractivity contribution in [3.05, 3.63) is 142 Å². The van der Waals surface area contributed by atoms with Crippen LogP contribution in [0.2, 0.25) is 0 Å². The Kier molecular flexibility index (Phi) is 22.7. The number of ketones is 2. The summed E-state index contributed by atoms with van der Waals surface area (Å²) >= 11 is 0. The fraction of sp³-hybridized carbons (Fsp3) is 0.404. The van der Waals surface area contributed by atoms with Crippen molar-refractivity contribution in [3.63, 3.8) is 0 Å². The third-order valence-electron chi connectivity index (χ3n) is 13.0. The molecule has 4 aromatic carbocycles. The van der Waals surface area contributed by atoms with Gasteiger partial charge in [0.25, 0.3) is 23.6 Å². The minimum atomic E-state index is -1.83. The number of nitrogens with one attached hydrogen (secondary N) is 2. The lowest BCUT2D eigenvalue weighted by molar-refractivity contribution is -0.144. The average Bonchev–Trinajstić information content (AvgIpc) is 3.86. The van der Waals surface area contributed by atoms with Crippen molar-refractivity contribution in [1.82, 2.24) is 30.2 Å². The Morgan fingerprint density at radius 1 is 0.521 bits per heavy atom. The Hall–Kier alpha value is -7.02. The van der Waals surface area contributed by atoms with Crippen LogP contribution in [0.15, 0.2) is 97.1 Å². The van der Waals surface area contributed by atoms with E-state index in [1.54, 1.807) is 48.5 Å². The van der Waals surface area contributed by atoms with Crippen molar-refractivity contribution < 1.29 is 48.5 Å². The van der Waals surface area contributed by atoms with Gasteiger partial charge in [-0.3, -0.25) is 38.6 Å². The molecule has 0 spiro atoms. The molecular weight excluding hydrogens is 929 g/mol. The minimum Gasteiger partial charge on any atom is -0.388 e. The zero-order chi connectivity index (χ0) is 52.3. The van der Waals surface area contributed by atoms with Gasteiger partial charge in [-0.1, -0.05) is 55.4 Å². The number of nitrogens with zero attached hydrogens (tertiary/aromatic N) is 4. The van der Waals surface area contributed by atoms with Crippen molar-refractivity contribution in [2.75, 3.05) is 94.0 Å². The van der Waals surface area contributed by atoms with Crippen LogP contribution in [0.25, 0.3) is 0 Å². The second-order valence-electron chi connectivity index (χ2n) is 17.7. The number of carbonyl (C=O) groups is 6. The van der Waals surface area contributed by atoms with E-state index in [2.05, 4.69) is 68.4 Å². The maximum atomic E-state index is 13.0. The van der Waals surface area contributed by atoms with Crippen molar-refractivity contribution in [2.24, 2.45) is 0 Å². The maximum Gasteiger partial charge on any atom is 0.254 e. The molecule has 2 saturated heterocycles. The molecule has 2 atom stereocenters. The molecule has 2 heterocycles. The van der Waals surface area contributed by atoms with Gasteiger partial charge in [0.05, 0.1) is 13.2 Å². The summed E-state index contributed by atoms with van der Waals surface area (Å²) in [6, 6.07) is 29.6. The highest BCUT2D eigenvalue weighted by Crippen LogP contribution is 2.21. The lowest BCUT2D eigenvalue weighted by atomic mass is 9.92. The molecule has 2 aliphatic heterocycles. The fourth-order valence-corrected chi connectivity index (χ4v) is 8.02. The summed E-state index contributed by atoms with van der Waals surface area (Å²) in [6.45, 7) is 9.88. The summed E-state index contributed by atoms with van der Waals surface area (Å²) in [7, 11) is 5.47. The van der Waals surface area contributed by atoms with Crippen molar-refractivity contribution in [1.29, 1.82) is 0 Å². The molecule has 0 aromatic heterocycles. The Morgan fingerprint density at radius 3 is 1.11 bits per heavy atom. The minimum absolute atomic E-state index is 0. The van der Waals surface area contributed by atoms with Gasteiger partial charge in [-0.25, -0.2) is 0 Å². The summed E-state index contributed by atoms with van der Waals surface area (Å²) in [5.41, 5.74) is 2.64. The summed E-state index contributed by atoms with van der Waals surface area (Å²) in [4.78, 5) is 82.1. The second kappa shape index (κ2) is 28.3. The summed E-state index contributed by atoms with van der Waals surface area (Å²) in [5.74, 6) is 8.54. The van der Waals surface area contributed by atoms with E-state index >= 15 is 0 Å². The van der Waals surface area contributed by atoms with Crippen LogP contribution in [-0.2, 0) is 41.7 Å². The molecule has 1 unspecified atom stereocenters. The van der Waals surface area contributed by atoms with Gasteiger partial charge in [-0.05, 0) is 111 Å². The normalized spacial score (nSPS) is 15.3. The molecule has 0 saturated carbocycles. The van der Waals surface area contributed by atoms with E-state index in [0.717, 1.165) is 111 Å². The molecule has 388 valence electrons. The van der Waals surface area contributed by atoms with Crippen LogP contribution >= 0.6 is 0 Å². The van der Waals surface area contributed by atoms with Gasteiger partial charge in [0, 0.05) is 114 Å². The molecule has 6 rings (SSSR count). The van der Waals surface area contributed by atoms with E-state index in [4.69, 9.17) is 9.47 Å². The summed E-state index contributed by atoms with van der Waals surface area (Å²) in [5, 5.41) is 23.4. The van der Waals surface area contributed by atoms with Crippen LogP contribution in [0.5, 0.6) is 0 Å². The zero-order valence-electron chi connectivity index (χ0n) is 42.1. The van der Waals surface area contributed by atoms with Gasteiger partial charge in [0.1, 0.15) is 13.2 Å². The third-order valence-corrected chi connectivity index (χ3v) is 13.0. The standard InChI is InChI=1S/2C28H33N3O5.CH4/c2*1-28(25(33)20-32,27(35)29-2)30(3)26(34)24-13-11-22(12-14-24)6-5-21-7-9-23(10-8-21)19-31-15-4-17-36-18-16-31;/h2*7-14,32H,4,15-20H2,1-3H3,(H,29,35);1H4/t28-;;/m1../s1. The molecule has 4 N–H and O–H groups in total. The maximum absolute atomic E-state index is 13.0. The number of hydrogen-bond acceptors (Lipinski definition) is 12. The molecule has 4 aromatic rings. The highest BCUT2D eigenvalue weighted by Gasteiger charge is 2.47. The Morgan fingerprint density at radius 2 is 0.822 bits per heavy atom. The molecule has 73 heavy (non-hydrogen) atoms. The third kappa shape index (κ3) is 15.5. The predicted octanol–water partition coefficient (Wildman–Crippen LogP) is 3.53. The van der Waals surface area contributed by atoms with Crippen LogP contribution in [0, 0.1) is 23.7 Å². The van der Waals surface area contributed by atoms with Crippen molar-refractivity contribution in [2.45, 2.75) is 58.3 Å². The van der Waals surface area contributed by atoms with Crippen LogP contribution in [0.1, 0.15) is 88.2 Å². The average molecular weight is 999 g/mol. The topological polar surface area (TPSA) is 198 Å². The molecule has 0 aliphatic carbocycles. The quantitative estimate of drug-likeness (QED) is 0.106. The summed E-state index contributed by atoms with van der Waals surface area (Å²) in [6.07, 6.45) is 2.11. The van der Waals surface area contributed by atoms with Crippen LogP contribution < -0.4 is 10.6 Å². The summed E-state index contributed by atoms with van der Waals surface area (Å²) < 4.78 is 11.0. The fourth-order valence-electron chi connectivity index (χ4n) is 8.02. The van der Waals surface area contributed by atoms with E-state index in [-0.39, 0.29) is 7.43 Å². The van der Waals surface area contributed by atoms with E-state index < -0.39 is 59.5 Å². The lowest BCUT2D eigenvalue weighted by Crippen LogP contribution is -2.62. The Labute approximate surface area is 430 Å². The number of rotatable bonds is 14. The van der Waals surface area contributed by atoms with Crippen molar-refractivity contribution in [3.8, 4) is 23.7 Å². The van der Waals surface area contributed by atoms with Gasteiger partial charge in [-0.15, -0.1) is 0 Å². The van der Waals surface area contributed by atoms with Crippen LogP contribution in [0.4, 0.5) is 0 Å². The van der Waals surface area contributed by atoms with Gasteiger partial charge in [0.15, 0.2) is 22.6 Å². The van der Waals surface area contributed by atoms with E-state index in [0.29, 0.717) is 11.1 Å². The number of aliphatic hydroxyl groups excluding tert-OH is 2. The van der Waals surface area contributed by atoms with E-state index in [1.807, 2.05) is 24.3 Å². The number of Topliss-reactive ketones (excluding diaryl/α,β-unsaturated/α-hetero) is 2. The van der Waals surface area contributed by atoms with Gasteiger partial charge in [0.2, 0.25) is 0 Å². The highest BCUT2D eigenvalue weighted by atomic mass is 16.5. The molecular formula is C57H70N6O10. The monoisotopic (exact) mass is 999 g/mol. The van der Waals surface area contributed by atoms with E-state index in [1.165, 1.54) is 53.2 Å². The lowest BCUT2D eigenvalue weighted by Gasteiger charge is -2.35. The number of aliphatic hydroxyl groups is 2. The molecule has 16 nitrogen and oxygen atoms in total. The Bertz CT molecular complexity index is 2400. The number of benzene rings is 4. The van der Waals surface area contributed by atoms with Crippen LogP contribution in [0.3, 0.4) is 0 Å². The van der Waals surface area contributed by atoms with Gasteiger partial charge in [-0.2, -0.15) is 0 Å². The number of amides is 4. The first-order valence-corrected chi connectivity index (χ1v) is 23.9. The molecule has 2 aliphatic rings. The van der Waals surface area contributed by atoms with Gasteiger partial charge < -0.3 is 40.1 Å². The van der Waals surface area contributed by atoms with E-state index in [9.17, 15) is 39.0 Å². The number of ether oxygens (including phenoxy) is 2. The predicted molar refractivity (Wildman–Crippen MR) is 279 cm³/mol. The molecule has 16 heteroatoms.